The zero-order chi connectivity index (χ0) is 12.1. The van der Waals surface area contributed by atoms with Crippen molar-refractivity contribution in [3.8, 4) is 0 Å². The minimum Gasteiger partial charge on any atom is -0.269 e. The summed E-state index contributed by atoms with van der Waals surface area (Å²) in [7, 11) is 0. The molecule has 0 bridgehead atoms. The minimum atomic E-state index is -0.000648. The van der Waals surface area contributed by atoms with Crippen LogP contribution in [0, 0.1) is 0 Å². The average Bonchev–Trinajstić information content (AvgIpc) is 2.92. The molecule has 0 saturated heterocycles. The van der Waals surface area contributed by atoms with Gasteiger partial charge < -0.3 is 0 Å². The van der Waals surface area contributed by atoms with Crippen molar-refractivity contribution in [3.05, 3.63) is 43.2 Å². The third kappa shape index (κ3) is 4.85. The molecule has 0 aromatic heterocycles. The summed E-state index contributed by atoms with van der Waals surface area (Å²) >= 11 is -0.000648. The molecule has 19 heavy (non-hydrogen) atoms. The van der Waals surface area contributed by atoms with Gasteiger partial charge in [0.15, 0.2) is 0 Å². The Kier molecular flexibility index (Phi) is 9.21. The first-order chi connectivity index (χ1) is 8.35. The maximum atomic E-state index is 2.38. The predicted molar refractivity (Wildman–Crippen MR) is 76.4 cm³/mol. The fourth-order valence-electron chi connectivity index (χ4n) is 2.55. The van der Waals surface area contributed by atoms with Crippen molar-refractivity contribution in [2.45, 2.75) is 52.4 Å². The largest absolute Gasteiger partial charge is 0.269 e. The number of allylic oxidation sites excluding steroid dienone is 8. The van der Waals surface area contributed by atoms with Crippen molar-refractivity contribution >= 4 is 0 Å². The predicted octanol–water partition coefficient (Wildman–Crippen LogP) is 5.40. The molecule has 0 fully saturated rings. The van der Waals surface area contributed by atoms with Gasteiger partial charge in [0.2, 0.25) is 0 Å². The van der Waals surface area contributed by atoms with E-state index in [4.69, 9.17) is 0 Å². The van der Waals surface area contributed by atoms with E-state index in [1.54, 1.807) is 18.9 Å². The molecule has 2 rings (SSSR count). The van der Waals surface area contributed by atoms with E-state index in [0.29, 0.717) is 0 Å². The van der Waals surface area contributed by atoms with Crippen LogP contribution in [0.2, 0.25) is 0 Å². The van der Waals surface area contributed by atoms with Crippen LogP contribution in [0.5, 0.6) is 0 Å². The molecule has 0 heterocycles. The normalized spacial score (nSPS) is 16.7. The Hall–Kier alpha value is -0.466. The molecular weight excluding hydrogens is 278 g/mol. The maximum Gasteiger partial charge on any atom is -0.269 e. The number of hydrogen-bond donors (Lipinski definition) is 0. The number of halogens is 2. The van der Waals surface area contributed by atoms with Gasteiger partial charge in [0.1, 0.15) is 0 Å². The van der Waals surface area contributed by atoms with Crippen LogP contribution < -0.4 is 0 Å². The molecule has 0 atom stereocenters. The molecule has 3 heteroatoms. The molecule has 0 amide bonds. The molecule has 0 spiro atoms. The van der Waals surface area contributed by atoms with E-state index < -0.39 is 0 Å². The van der Waals surface area contributed by atoms with E-state index in [2.05, 4.69) is 38.2 Å². The monoisotopic (exact) mass is 302 g/mol. The van der Waals surface area contributed by atoms with Crippen molar-refractivity contribution in [2.24, 2.45) is 0 Å². The number of rotatable bonds is 6. The summed E-state index contributed by atoms with van der Waals surface area (Å²) in [5, 5.41) is 0. The van der Waals surface area contributed by atoms with Crippen LogP contribution in [0.3, 0.4) is 0 Å². The molecule has 2 aliphatic rings. The second-order valence-corrected chi connectivity index (χ2v) is 7.12. The summed E-state index contributed by atoms with van der Waals surface area (Å²) in [6.45, 7) is 4.57. The molecule has 0 aromatic carbocycles. The van der Waals surface area contributed by atoms with Crippen LogP contribution in [0.25, 0.3) is 0 Å². The molecule has 0 nitrogen and oxygen atoms in total. The standard InChI is InChI=1S/2C8H11.2FH.Ti/c2*1-2-5-8-6-3-4-7-8;;;/h2*3,6H,2,4-5H2,1H3;2*1H;. The van der Waals surface area contributed by atoms with Crippen LogP contribution in [0.15, 0.2) is 43.2 Å². The Balaban J connectivity index is 0.00000162. The summed E-state index contributed by atoms with van der Waals surface area (Å²) in [5.74, 6) is 0. The van der Waals surface area contributed by atoms with Crippen molar-refractivity contribution in [1.29, 1.82) is 0 Å². The first-order valence-electron chi connectivity index (χ1n) is 6.89. The van der Waals surface area contributed by atoms with E-state index in [1.165, 1.54) is 38.5 Å². The van der Waals surface area contributed by atoms with Crippen molar-refractivity contribution < 1.29 is 28.6 Å². The van der Waals surface area contributed by atoms with Crippen LogP contribution in [-0.4, -0.2) is 0 Å². The van der Waals surface area contributed by atoms with E-state index in [-0.39, 0.29) is 28.6 Å². The molecule has 0 aliphatic heterocycles. The van der Waals surface area contributed by atoms with Gasteiger partial charge in [0.05, 0.1) is 0 Å². The maximum absolute atomic E-state index is 2.38. The molecular formula is C16H24F2Ti. The van der Waals surface area contributed by atoms with Gasteiger partial charge >= 0.3 is 115 Å². The van der Waals surface area contributed by atoms with Crippen LogP contribution in [0.4, 0.5) is 9.41 Å². The topological polar surface area (TPSA) is 0 Å². The average molecular weight is 302 g/mol. The molecule has 0 radical (unpaired) electrons. The SMILES string of the molecule is CCCC1=[C]([Ti][C]2=C(CCC)C=CC2)CC=C1.F.F. The van der Waals surface area contributed by atoms with Crippen molar-refractivity contribution in [2.75, 3.05) is 0 Å². The summed E-state index contributed by atoms with van der Waals surface area (Å²) in [6, 6.07) is 0. The van der Waals surface area contributed by atoms with E-state index in [1.807, 2.05) is 0 Å². The second kappa shape index (κ2) is 9.44. The van der Waals surface area contributed by atoms with Crippen LogP contribution in [0.1, 0.15) is 52.4 Å². The van der Waals surface area contributed by atoms with Crippen molar-refractivity contribution in [3.63, 3.8) is 0 Å². The molecule has 2 aliphatic carbocycles. The smallest absolute Gasteiger partial charge is 0.269 e. The Morgan fingerprint density at radius 1 is 0.842 bits per heavy atom. The van der Waals surface area contributed by atoms with E-state index in [0.717, 1.165) is 0 Å². The Labute approximate surface area is 124 Å². The molecule has 0 aromatic rings. The fourth-order valence-corrected chi connectivity index (χ4v) is 4.96. The zero-order valence-corrected chi connectivity index (χ0v) is 13.4. The molecule has 0 N–H and O–H groups in total. The number of hydrogen-bond acceptors (Lipinski definition) is 0. The fraction of sp³-hybridized carbons (Fsp3) is 0.500. The second-order valence-electron chi connectivity index (χ2n) is 4.85. The first-order valence-corrected chi connectivity index (χ1v) is 8.45. The zero-order valence-electron chi connectivity index (χ0n) is 11.9. The summed E-state index contributed by atoms with van der Waals surface area (Å²) in [6.07, 6.45) is 17.1. The summed E-state index contributed by atoms with van der Waals surface area (Å²) in [4.78, 5) is 0. The van der Waals surface area contributed by atoms with Crippen LogP contribution >= 0.6 is 0 Å². The van der Waals surface area contributed by atoms with Gasteiger partial charge in [-0.2, -0.15) is 0 Å². The Morgan fingerprint density at radius 2 is 1.26 bits per heavy atom. The molecule has 106 valence electrons. The Morgan fingerprint density at radius 3 is 1.63 bits per heavy atom. The summed E-state index contributed by atoms with van der Waals surface area (Å²) < 4.78 is 3.61. The van der Waals surface area contributed by atoms with Gasteiger partial charge in [-0.25, -0.2) is 0 Å². The summed E-state index contributed by atoms with van der Waals surface area (Å²) in [5.41, 5.74) is 3.34. The van der Waals surface area contributed by atoms with Gasteiger partial charge in [-0.15, -0.1) is 0 Å². The van der Waals surface area contributed by atoms with E-state index in [9.17, 15) is 0 Å². The first kappa shape index (κ1) is 18.5. The van der Waals surface area contributed by atoms with E-state index >= 15 is 0 Å². The van der Waals surface area contributed by atoms with Gasteiger partial charge in [0, 0.05) is 0 Å². The third-order valence-corrected chi connectivity index (χ3v) is 5.98. The van der Waals surface area contributed by atoms with Gasteiger partial charge in [-0.05, 0) is 0 Å². The third-order valence-electron chi connectivity index (χ3n) is 3.40. The molecule has 0 unspecified atom stereocenters. The van der Waals surface area contributed by atoms with Gasteiger partial charge in [-0.1, -0.05) is 0 Å². The minimum absolute atomic E-state index is 0. The van der Waals surface area contributed by atoms with Crippen molar-refractivity contribution in [1.82, 2.24) is 0 Å². The quantitative estimate of drug-likeness (QED) is 0.576. The van der Waals surface area contributed by atoms with Gasteiger partial charge in [0.25, 0.3) is 0 Å². The molecule has 0 saturated carbocycles. The Bertz CT molecular complexity index is 365. The van der Waals surface area contributed by atoms with Crippen LogP contribution in [-0.2, 0) is 19.2 Å². The van der Waals surface area contributed by atoms with Gasteiger partial charge in [-0.3, -0.25) is 9.41 Å².